The molecular weight excluding hydrogens is 329 g/mol. The van der Waals surface area contributed by atoms with Crippen molar-refractivity contribution in [3.8, 4) is 0 Å². The first kappa shape index (κ1) is 18.4. The lowest BCUT2D eigenvalue weighted by Gasteiger charge is -2.33. The molecular formula is C21H26FN3O. The number of hydrogen-bond acceptors (Lipinski definition) is 3. The average molecular weight is 355 g/mol. The van der Waals surface area contributed by atoms with Crippen molar-refractivity contribution in [3.63, 3.8) is 0 Å². The van der Waals surface area contributed by atoms with Crippen molar-refractivity contribution >= 4 is 11.7 Å². The Labute approximate surface area is 154 Å². The van der Waals surface area contributed by atoms with Crippen molar-refractivity contribution in [1.29, 1.82) is 0 Å². The number of halogens is 1. The van der Waals surface area contributed by atoms with E-state index >= 15 is 0 Å². The second kappa shape index (κ2) is 8.30. The summed E-state index contributed by atoms with van der Waals surface area (Å²) in [6.45, 7) is 1.95. The van der Waals surface area contributed by atoms with Crippen molar-refractivity contribution in [2.24, 2.45) is 5.92 Å². The maximum Gasteiger partial charge on any atom is 0.254 e. The Bertz CT molecular complexity index is 745. The quantitative estimate of drug-likeness (QED) is 0.819. The smallest absolute Gasteiger partial charge is 0.254 e. The number of rotatable bonds is 5. The predicted molar refractivity (Wildman–Crippen MR) is 102 cm³/mol. The Morgan fingerprint density at radius 1 is 1.31 bits per heavy atom. The number of hydrogen-bond donors (Lipinski definition) is 0. The Morgan fingerprint density at radius 2 is 2.15 bits per heavy atom. The summed E-state index contributed by atoms with van der Waals surface area (Å²) < 4.78 is 13.3. The van der Waals surface area contributed by atoms with E-state index in [2.05, 4.69) is 9.88 Å². The van der Waals surface area contributed by atoms with Crippen molar-refractivity contribution in [1.82, 2.24) is 9.88 Å². The van der Waals surface area contributed by atoms with Crippen LogP contribution in [0.25, 0.3) is 0 Å². The monoisotopic (exact) mass is 355 g/mol. The highest BCUT2D eigenvalue weighted by atomic mass is 19.1. The predicted octanol–water partition coefficient (Wildman–Crippen LogP) is 3.77. The molecule has 1 amide bonds. The highest BCUT2D eigenvalue weighted by Crippen LogP contribution is 2.25. The van der Waals surface area contributed by atoms with Crippen LogP contribution in [-0.2, 0) is 6.42 Å². The number of amides is 1. The zero-order valence-electron chi connectivity index (χ0n) is 15.5. The molecule has 1 fully saturated rings. The van der Waals surface area contributed by atoms with Crippen LogP contribution in [0.2, 0.25) is 0 Å². The summed E-state index contributed by atoms with van der Waals surface area (Å²) in [4.78, 5) is 20.3. The highest BCUT2D eigenvalue weighted by molar-refractivity contribution is 5.93. The number of carbonyl (C=O) groups is 1. The van der Waals surface area contributed by atoms with Gasteiger partial charge in [-0.2, -0.15) is 0 Å². The third-order valence-electron chi connectivity index (χ3n) is 4.97. The van der Waals surface area contributed by atoms with E-state index < -0.39 is 0 Å². The number of benzene rings is 1. The largest absolute Gasteiger partial charge is 0.356 e. The third kappa shape index (κ3) is 4.59. The molecule has 26 heavy (non-hydrogen) atoms. The summed E-state index contributed by atoms with van der Waals surface area (Å²) in [7, 11) is 3.48. The number of aromatic nitrogens is 1. The van der Waals surface area contributed by atoms with E-state index in [1.165, 1.54) is 12.5 Å². The number of anilines is 1. The minimum atomic E-state index is -0.163. The number of piperidine rings is 1. The molecule has 2 heterocycles. The van der Waals surface area contributed by atoms with Crippen LogP contribution in [0.4, 0.5) is 10.2 Å². The van der Waals surface area contributed by atoms with E-state index in [1.54, 1.807) is 37.3 Å². The van der Waals surface area contributed by atoms with E-state index in [0.29, 0.717) is 11.5 Å². The first-order valence-electron chi connectivity index (χ1n) is 9.20. The van der Waals surface area contributed by atoms with Gasteiger partial charge in [-0.3, -0.25) is 4.79 Å². The molecule has 1 aliphatic rings. The van der Waals surface area contributed by atoms with Crippen LogP contribution < -0.4 is 4.90 Å². The zero-order chi connectivity index (χ0) is 18.5. The van der Waals surface area contributed by atoms with Crippen molar-refractivity contribution in [2.75, 3.05) is 32.1 Å². The fourth-order valence-corrected chi connectivity index (χ4v) is 3.53. The molecule has 1 aliphatic heterocycles. The molecule has 1 aromatic carbocycles. The maximum atomic E-state index is 13.3. The van der Waals surface area contributed by atoms with Gasteiger partial charge in [-0.25, -0.2) is 9.37 Å². The van der Waals surface area contributed by atoms with Crippen LogP contribution >= 0.6 is 0 Å². The van der Waals surface area contributed by atoms with Gasteiger partial charge in [0, 0.05) is 33.4 Å². The fraction of sp³-hybridized carbons (Fsp3) is 0.429. The van der Waals surface area contributed by atoms with Gasteiger partial charge < -0.3 is 9.80 Å². The third-order valence-corrected chi connectivity index (χ3v) is 4.97. The molecule has 0 spiro atoms. The summed E-state index contributed by atoms with van der Waals surface area (Å²) in [5, 5.41) is 0. The van der Waals surface area contributed by atoms with Gasteiger partial charge in [-0.1, -0.05) is 12.1 Å². The van der Waals surface area contributed by atoms with Gasteiger partial charge in [0.25, 0.3) is 5.91 Å². The lowest BCUT2D eigenvalue weighted by Crippen LogP contribution is -2.36. The van der Waals surface area contributed by atoms with Gasteiger partial charge in [0.05, 0.1) is 5.56 Å². The van der Waals surface area contributed by atoms with Crippen LogP contribution in [0.5, 0.6) is 0 Å². The van der Waals surface area contributed by atoms with Crippen LogP contribution in [0.1, 0.15) is 35.2 Å². The minimum absolute atomic E-state index is 0.0318. The van der Waals surface area contributed by atoms with Crippen molar-refractivity contribution in [2.45, 2.75) is 25.7 Å². The van der Waals surface area contributed by atoms with Crippen molar-refractivity contribution in [3.05, 3.63) is 59.5 Å². The molecule has 0 bridgehead atoms. The molecule has 2 aromatic rings. The van der Waals surface area contributed by atoms with Gasteiger partial charge in [0.15, 0.2) is 0 Å². The summed E-state index contributed by atoms with van der Waals surface area (Å²) in [6, 6.07) is 10.7. The second-order valence-corrected chi connectivity index (χ2v) is 7.23. The lowest BCUT2D eigenvalue weighted by atomic mass is 9.91. The number of nitrogens with zero attached hydrogens (tertiary/aromatic N) is 3. The van der Waals surface area contributed by atoms with Crippen LogP contribution in [0.15, 0.2) is 42.6 Å². The molecule has 138 valence electrons. The minimum Gasteiger partial charge on any atom is -0.356 e. The van der Waals surface area contributed by atoms with Crippen LogP contribution in [-0.4, -0.2) is 43.0 Å². The topological polar surface area (TPSA) is 36.4 Å². The summed E-state index contributed by atoms with van der Waals surface area (Å²) in [6.07, 6.45) is 5.95. The lowest BCUT2D eigenvalue weighted by molar-refractivity contribution is 0.0827. The summed E-state index contributed by atoms with van der Waals surface area (Å²) in [5.41, 5.74) is 1.67. The standard InChI is InChI=1S/C21H26FN3O/c1-24(2)21(26)18-10-11-20(23-14-18)25-12-4-6-17(15-25)9-8-16-5-3-7-19(22)13-16/h3,5,7,10-11,13-14,17H,4,6,8-9,12,15H2,1-2H3/t17-/m0/s1. The van der Waals surface area contributed by atoms with Crippen LogP contribution in [0, 0.1) is 11.7 Å². The molecule has 1 atom stereocenters. The molecule has 0 radical (unpaired) electrons. The molecule has 0 N–H and O–H groups in total. The normalized spacial score (nSPS) is 17.2. The van der Waals surface area contributed by atoms with Gasteiger partial charge in [0.2, 0.25) is 0 Å². The first-order valence-corrected chi connectivity index (χ1v) is 9.20. The van der Waals surface area contributed by atoms with Crippen LogP contribution in [0.3, 0.4) is 0 Å². The molecule has 1 saturated heterocycles. The molecule has 5 heteroatoms. The molecule has 0 unspecified atom stereocenters. The first-order chi connectivity index (χ1) is 12.5. The summed E-state index contributed by atoms with van der Waals surface area (Å²) >= 11 is 0. The molecule has 4 nitrogen and oxygen atoms in total. The van der Waals surface area contributed by atoms with Gasteiger partial charge in [-0.05, 0) is 61.4 Å². The Hall–Kier alpha value is -2.43. The van der Waals surface area contributed by atoms with E-state index in [1.807, 2.05) is 18.2 Å². The van der Waals surface area contributed by atoms with Gasteiger partial charge in [0.1, 0.15) is 11.6 Å². The molecule has 0 aliphatic carbocycles. The average Bonchev–Trinajstić information content (AvgIpc) is 2.66. The number of aryl methyl sites for hydroxylation is 1. The molecule has 0 saturated carbocycles. The van der Waals surface area contributed by atoms with E-state index in [0.717, 1.165) is 43.7 Å². The zero-order valence-corrected chi connectivity index (χ0v) is 15.5. The Morgan fingerprint density at radius 3 is 2.85 bits per heavy atom. The Balaban J connectivity index is 1.58. The SMILES string of the molecule is CN(C)C(=O)c1ccc(N2CCC[C@@H](CCc3cccc(F)c3)C2)nc1. The second-order valence-electron chi connectivity index (χ2n) is 7.23. The van der Waals surface area contributed by atoms with Gasteiger partial charge >= 0.3 is 0 Å². The number of carbonyl (C=O) groups excluding carboxylic acids is 1. The van der Waals surface area contributed by atoms with Gasteiger partial charge in [-0.15, -0.1) is 0 Å². The highest BCUT2D eigenvalue weighted by Gasteiger charge is 2.21. The summed E-state index contributed by atoms with van der Waals surface area (Å²) in [5.74, 6) is 1.31. The maximum absolute atomic E-state index is 13.3. The number of pyridine rings is 1. The van der Waals surface area contributed by atoms with E-state index in [9.17, 15) is 9.18 Å². The van der Waals surface area contributed by atoms with Crippen molar-refractivity contribution < 1.29 is 9.18 Å². The molecule has 3 rings (SSSR count). The van der Waals surface area contributed by atoms with E-state index in [4.69, 9.17) is 0 Å². The van der Waals surface area contributed by atoms with E-state index in [-0.39, 0.29) is 11.7 Å². The fourth-order valence-electron chi connectivity index (χ4n) is 3.53. The molecule has 1 aromatic heterocycles. The Kier molecular flexibility index (Phi) is 5.86.